The summed E-state index contributed by atoms with van der Waals surface area (Å²) in [6, 6.07) is 0. The minimum Gasteiger partial charge on any atom is -0.298 e. The molecule has 0 amide bonds. The molecule has 0 aliphatic heterocycles. The zero-order chi connectivity index (χ0) is 11.8. The first-order valence-electron chi connectivity index (χ1n) is 5.59. The van der Waals surface area contributed by atoms with E-state index in [1.165, 1.54) is 0 Å². The molecule has 1 unspecified atom stereocenters. The fraction of sp³-hybridized carbons (Fsp3) is 0.692. The molecule has 1 saturated carbocycles. The maximum Gasteiger partial charge on any atom is 0.149 e. The molecule has 1 atom stereocenters. The molecule has 0 aromatic rings. The van der Waals surface area contributed by atoms with Crippen molar-refractivity contribution in [2.75, 3.05) is 0 Å². The molecule has 0 bridgehead atoms. The van der Waals surface area contributed by atoms with Crippen LogP contribution in [0.15, 0.2) is 12.7 Å². The molecule has 2 heteroatoms. The molecule has 0 heterocycles. The standard InChI is InChI=1S/C13H20O2/c1-6-10-7-13(10,11(14)8(2)3)12(15)9(4)5/h6,8-10H,1,7H2,2-5H3. The predicted molar refractivity (Wildman–Crippen MR) is 60.4 cm³/mol. The second kappa shape index (κ2) is 3.92. The van der Waals surface area contributed by atoms with Crippen LogP contribution in [-0.2, 0) is 9.59 Å². The van der Waals surface area contributed by atoms with Gasteiger partial charge < -0.3 is 0 Å². The van der Waals surface area contributed by atoms with Gasteiger partial charge in [0, 0.05) is 11.8 Å². The SMILES string of the molecule is C=CC1CC1(C(=O)C(C)C)C(=O)C(C)C. The summed E-state index contributed by atoms with van der Waals surface area (Å²) in [4.78, 5) is 24.1. The van der Waals surface area contributed by atoms with E-state index in [9.17, 15) is 9.59 Å². The second-order valence-electron chi connectivity index (χ2n) is 5.06. The summed E-state index contributed by atoms with van der Waals surface area (Å²) in [7, 11) is 0. The van der Waals surface area contributed by atoms with Gasteiger partial charge in [0.2, 0.25) is 0 Å². The first kappa shape index (κ1) is 12.2. The van der Waals surface area contributed by atoms with E-state index in [2.05, 4.69) is 6.58 Å². The largest absolute Gasteiger partial charge is 0.298 e. The van der Waals surface area contributed by atoms with E-state index < -0.39 is 5.41 Å². The molecule has 0 aromatic heterocycles. The quantitative estimate of drug-likeness (QED) is 0.514. The molecule has 0 radical (unpaired) electrons. The summed E-state index contributed by atoms with van der Waals surface area (Å²) in [5.74, 6) is 0.106. The maximum absolute atomic E-state index is 12.1. The Labute approximate surface area is 91.7 Å². The monoisotopic (exact) mass is 208 g/mol. The van der Waals surface area contributed by atoms with Crippen LogP contribution in [-0.4, -0.2) is 11.6 Å². The Morgan fingerprint density at radius 1 is 1.20 bits per heavy atom. The summed E-state index contributed by atoms with van der Waals surface area (Å²) < 4.78 is 0. The molecule has 0 spiro atoms. The van der Waals surface area contributed by atoms with Crippen LogP contribution in [0.1, 0.15) is 34.1 Å². The molecule has 2 nitrogen and oxygen atoms in total. The smallest absolute Gasteiger partial charge is 0.149 e. The third kappa shape index (κ3) is 1.77. The van der Waals surface area contributed by atoms with Crippen molar-refractivity contribution in [2.45, 2.75) is 34.1 Å². The lowest BCUT2D eigenvalue weighted by atomic mass is 9.82. The first-order chi connectivity index (χ1) is 6.87. The minimum atomic E-state index is -0.718. The number of hydrogen-bond donors (Lipinski definition) is 0. The summed E-state index contributed by atoms with van der Waals surface area (Å²) in [6.45, 7) is 11.1. The highest BCUT2D eigenvalue weighted by atomic mass is 16.2. The minimum absolute atomic E-state index is 0.0716. The molecule has 1 rings (SSSR count). The van der Waals surface area contributed by atoms with Crippen molar-refractivity contribution in [2.24, 2.45) is 23.2 Å². The fourth-order valence-corrected chi connectivity index (χ4v) is 2.29. The van der Waals surface area contributed by atoms with E-state index in [1.807, 2.05) is 27.7 Å². The summed E-state index contributed by atoms with van der Waals surface area (Å²) >= 11 is 0. The van der Waals surface area contributed by atoms with Crippen molar-refractivity contribution in [3.8, 4) is 0 Å². The molecule has 0 saturated heterocycles. The number of Topliss-reactive ketones (excluding diaryl/α,β-unsaturated/α-hetero) is 2. The molecule has 0 N–H and O–H groups in total. The number of hydrogen-bond acceptors (Lipinski definition) is 2. The molecule has 84 valence electrons. The van der Waals surface area contributed by atoms with Crippen LogP contribution in [0.25, 0.3) is 0 Å². The van der Waals surface area contributed by atoms with Crippen molar-refractivity contribution >= 4 is 11.6 Å². The van der Waals surface area contributed by atoms with Crippen LogP contribution < -0.4 is 0 Å². The molecular formula is C13H20O2. The zero-order valence-electron chi connectivity index (χ0n) is 10.0. The van der Waals surface area contributed by atoms with E-state index in [0.29, 0.717) is 6.42 Å². The fourth-order valence-electron chi connectivity index (χ4n) is 2.29. The molecule has 15 heavy (non-hydrogen) atoms. The Bertz CT molecular complexity index is 280. The van der Waals surface area contributed by atoms with Gasteiger partial charge in [-0.3, -0.25) is 9.59 Å². The third-order valence-corrected chi connectivity index (χ3v) is 3.23. The van der Waals surface area contributed by atoms with Gasteiger partial charge in [0.15, 0.2) is 0 Å². The van der Waals surface area contributed by atoms with Gasteiger partial charge >= 0.3 is 0 Å². The highest BCUT2D eigenvalue weighted by molar-refractivity contribution is 6.11. The van der Waals surface area contributed by atoms with Crippen molar-refractivity contribution < 1.29 is 9.59 Å². The van der Waals surface area contributed by atoms with Gasteiger partial charge in [-0.05, 0) is 12.3 Å². The van der Waals surface area contributed by atoms with Gasteiger partial charge in [0.1, 0.15) is 11.6 Å². The lowest BCUT2D eigenvalue weighted by Crippen LogP contribution is -2.34. The van der Waals surface area contributed by atoms with Crippen molar-refractivity contribution in [3.63, 3.8) is 0 Å². The Balaban J connectivity index is 2.98. The van der Waals surface area contributed by atoms with Gasteiger partial charge in [-0.25, -0.2) is 0 Å². The van der Waals surface area contributed by atoms with Crippen LogP contribution in [0.2, 0.25) is 0 Å². The Morgan fingerprint density at radius 2 is 1.60 bits per heavy atom. The predicted octanol–water partition coefficient (Wildman–Crippen LogP) is 2.63. The highest BCUT2D eigenvalue weighted by Crippen LogP contribution is 2.57. The van der Waals surface area contributed by atoms with Crippen molar-refractivity contribution in [1.29, 1.82) is 0 Å². The summed E-state index contributed by atoms with van der Waals surface area (Å²) in [5, 5.41) is 0. The highest BCUT2D eigenvalue weighted by Gasteiger charge is 2.63. The Morgan fingerprint density at radius 3 is 1.80 bits per heavy atom. The third-order valence-electron chi connectivity index (χ3n) is 3.23. The topological polar surface area (TPSA) is 34.1 Å². The van der Waals surface area contributed by atoms with Gasteiger partial charge in [0.05, 0.1) is 5.41 Å². The number of carbonyl (C=O) groups is 2. The number of allylic oxidation sites excluding steroid dienone is 1. The molecule has 1 aliphatic carbocycles. The molecular weight excluding hydrogens is 188 g/mol. The van der Waals surface area contributed by atoms with Crippen LogP contribution in [0, 0.1) is 23.2 Å². The van der Waals surface area contributed by atoms with Gasteiger partial charge in [-0.2, -0.15) is 0 Å². The average molecular weight is 208 g/mol. The van der Waals surface area contributed by atoms with Gasteiger partial charge in [0.25, 0.3) is 0 Å². The Hall–Kier alpha value is -0.920. The van der Waals surface area contributed by atoms with Gasteiger partial charge in [-0.15, -0.1) is 6.58 Å². The average Bonchev–Trinajstić information content (AvgIpc) is 2.90. The molecule has 0 aromatic carbocycles. The lowest BCUT2D eigenvalue weighted by molar-refractivity contribution is -0.138. The van der Waals surface area contributed by atoms with E-state index in [4.69, 9.17) is 0 Å². The molecule has 1 fully saturated rings. The van der Waals surface area contributed by atoms with Crippen molar-refractivity contribution in [3.05, 3.63) is 12.7 Å². The van der Waals surface area contributed by atoms with Gasteiger partial charge in [-0.1, -0.05) is 33.8 Å². The second-order valence-corrected chi connectivity index (χ2v) is 5.06. The van der Waals surface area contributed by atoms with Crippen LogP contribution in [0.4, 0.5) is 0 Å². The van der Waals surface area contributed by atoms with Crippen LogP contribution >= 0.6 is 0 Å². The van der Waals surface area contributed by atoms with E-state index in [-0.39, 0.29) is 29.3 Å². The lowest BCUT2D eigenvalue weighted by Gasteiger charge is -2.18. The van der Waals surface area contributed by atoms with E-state index >= 15 is 0 Å². The normalized spacial score (nSPS) is 22.9. The van der Waals surface area contributed by atoms with E-state index in [0.717, 1.165) is 0 Å². The van der Waals surface area contributed by atoms with Crippen molar-refractivity contribution in [1.82, 2.24) is 0 Å². The van der Waals surface area contributed by atoms with Crippen LogP contribution in [0.5, 0.6) is 0 Å². The maximum atomic E-state index is 12.1. The Kier molecular flexibility index (Phi) is 3.17. The molecule has 1 aliphatic rings. The summed E-state index contributed by atoms with van der Waals surface area (Å²) in [6.07, 6.45) is 2.42. The number of carbonyl (C=O) groups excluding carboxylic acids is 2. The number of rotatable bonds is 5. The van der Waals surface area contributed by atoms with Crippen LogP contribution in [0.3, 0.4) is 0 Å². The number of ketones is 2. The zero-order valence-corrected chi connectivity index (χ0v) is 10.0. The van der Waals surface area contributed by atoms with E-state index in [1.54, 1.807) is 6.08 Å². The first-order valence-corrected chi connectivity index (χ1v) is 5.59. The summed E-state index contributed by atoms with van der Waals surface area (Å²) in [5.41, 5.74) is -0.718.